The number of thioether (sulfide) groups is 1. The van der Waals surface area contributed by atoms with Crippen molar-refractivity contribution in [3.05, 3.63) is 34.6 Å². The summed E-state index contributed by atoms with van der Waals surface area (Å²) in [7, 11) is 0. The van der Waals surface area contributed by atoms with E-state index in [4.69, 9.17) is 11.6 Å². The average Bonchev–Trinajstić information content (AvgIpc) is 2.40. The standard InChI is InChI=1S/C14H19ClFNS/c1-10(12-2-3-13(15)14(16)8-12)17-9-11-4-6-18-7-5-11/h2-3,8,10-11,17H,4-7,9H2,1H3. The van der Waals surface area contributed by atoms with Crippen molar-refractivity contribution in [1.82, 2.24) is 5.32 Å². The van der Waals surface area contributed by atoms with E-state index in [2.05, 4.69) is 12.2 Å². The van der Waals surface area contributed by atoms with Crippen LogP contribution in [0.15, 0.2) is 18.2 Å². The van der Waals surface area contributed by atoms with Crippen LogP contribution >= 0.6 is 23.4 Å². The van der Waals surface area contributed by atoms with Crippen molar-refractivity contribution in [3.8, 4) is 0 Å². The maximum atomic E-state index is 13.4. The smallest absolute Gasteiger partial charge is 0.142 e. The summed E-state index contributed by atoms with van der Waals surface area (Å²) in [5.74, 6) is 2.98. The van der Waals surface area contributed by atoms with Crippen molar-refractivity contribution in [2.24, 2.45) is 5.92 Å². The van der Waals surface area contributed by atoms with Crippen molar-refractivity contribution in [2.75, 3.05) is 18.1 Å². The quantitative estimate of drug-likeness (QED) is 0.887. The first-order valence-corrected chi connectivity index (χ1v) is 7.96. The molecule has 1 N–H and O–H groups in total. The minimum Gasteiger partial charge on any atom is -0.310 e. The van der Waals surface area contributed by atoms with Gasteiger partial charge in [0.1, 0.15) is 5.82 Å². The van der Waals surface area contributed by atoms with Crippen LogP contribution in [0.5, 0.6) is 0 Å². The second-order valence-electron chi connectivity index (χ2n) is 4.86. The van der Waals surface area contributed by atoms with Crippen LogP contribution in [0.2, 0.25) is 5.02 Å². The largest absolute Gasteiger partial charge is 0.310 e. The molecule has 1 aromatic rings. The molecule has 0 bridgehead atoms. The third kappa shape index (κ3) is 3.87. The lowest BCUT2D eigenvalue weighted by atomic mass is 10.0. The molecule has 1 aromatic carbocycles. The van der Waals surface area contributed by atoms with E-state index < -0.39 is 0 Å². The van der Waals surface area contributed by atoms with Crippen LogP contribution in [0.25, 0.3) is 0 Å². The summed E-state index contributed by atoms with van der Waals surface area (Å²) < 4.78 is 13.4. The maximum Gasteiger partial charge on any atom is 0.142 e. The van der Waals surface area contributed by atoms with Crippen LogP contribution in [0, 0.1) is 11.7 Å². The molecule has 18 heavy (non-hydrogen) atoms. The molecule has 1 aliphatic rings. The Balaban J connectivity index is 1.86. The molecule has 0 saturated carbocycles. The second kappa shape index (κ2) is 6.78. The Bertz CT molecular complexity index is 393. The van der Waals surface area contributed by atoms with E-state index in [-0.39, 0.29) is 16.9 Å². The van der Waals surface area contributed by atoms with Crippen molar-refractivity contribution in [1.29, 1.82) is 0 Å². The van der Waals surface area contributed by atoms with Gasteiger partial charge in [-0.05, 0) is 61.4 Å². The monoisotopic (exact) mass is 287 g/mol. The Labute approximate surface area is 117 Å². The highest BCUT2D eigenvalue weighted by atomic mass is 35.5. The zero-order chi connectivity index (χ0) is 13.0. The van der Waals surface area contributed by atoms with Gasteiger partial charge in [0.25, 0.3) is 0 Å². The number of halogens is 2. The minimum atomic E-state index is -0.336. The van der Waals surface area contributed by atoms with Crippen molar-refractivity contribution in [2.45, 2.75) is 25.8 Å². The van der Waals surface area contributed by atoms with E-state index in [1.807, 2.05) is 17.8 Å². The summed E-state index contributed by atoms with van der Waals surface area (Å²) in [6.07, 6.45) is 2.58. The number of nitrogens with one attached hydrogen (secondary N) is 1. The topological polar surface area (TPSA) is 12.0 Å². The molecule has 100 valence electrons. The molecule has 1 unspecified atom stereocenters. The summed E-state index contributed by atoms with van der Waals surface area (Å²) in [6, 6.07) is 5.21. The molecule has 0 amide bonds. The molecule has 1 aliphatic heterocycles. The SMILES string of the molecule is CC(NCC1CCSCC1)c1ccc(Cl)c(F)c1. The molecule has 0 aromatic heterocycles. The van der Waals surface area contributed by atoms with Crippen molar-refractivity contribution in [3.63, 3.8) is 0 Å². The van der Waals surface area contributed by atoms with E-state index in [1.165, 1.54) is 30.4 Å². The predicted octanol–water partition coefficient (Wildman–Crippen LogP) is 4.27. The van der Waals surface area contributed by atoms with Gasteiger partial charge in [-0.1, -0.05) is 17.7 Å². The van der Waals surface area contributed by atoms with Crippen LogP contribution in [0.1, 0.15) is 31.4 Å². The molecule has 1 nitrogen and oxygen atoms in total. The molecule has 0 spiro atoms. The highest BCUT2D eigenvalue weighted by Gasteiger charge is 2.15. The van der Waals surface area contributed by atoms with Crippen molar-refractivity contribution >= 4 is 23.4 Å². The van der Waals surface area contributed by atoms with Crippen LogP contribution in [-0.4, -0.2) is 18.1 Å². The minimum absolute atomic E-state index is 0.173. The van der Waals surface area contributed by atoms with Gasteiger partial charge in [0, 0.05) is 6.04 Å². The van der Waals surface area contributed by atoms with Gasteiger partial charge in [0.15, 0.2) is 0 Å². The van der Waals surface area contributed by atoms with Gasteiger partial charge in [-0.15, -0.1) is 0 Å². The number of hydrogen-bond donors (Lipinski definition) is 1. The van der Waals surface area contributed by atoms with Gasteiger partial charge < -0.3 is 5.32 Å². The lowest BCUT2D eigenvalue weighted by molar-refractivity contribution is 0.420. The molecule has 1 atom stereocenters. The normalized spacial score (nSPS) is 18.8. The fourth-order valence-corrected chi connectivity index (χ4v) is 3.52. The Kier molecular flexibility index (Phi) is 5.34. The molecule has 0 radical (unpaired) electrons. The van der Waals surface area contributed by atoms with Crippen LogP contribution < -0.4 is 5.32 Å². The first-order valence-electron chi connectivity index (χ1n) is 6.43. The Morgan fingerprint density at radius 2 is 2.17 bits per heavy atom. The van der Waals surface area contributed by atoms with Crippen LogP contribution in [-0.2, 0) is 0 Å². The average molecular weight is 288 g/mol. The fraction of sp³-hybridized carbons (Fsp3) is 0.571. The summed E-state index contributed by atoms with van der Waals surface area (Å²) in [5, 5.41) is 3.69. The number of hydrogen-bond acceptors (Lipinski definition) is 2. The summed E-state index contributed by atoms with van der Waals surface area (Å²) in [5.41, 5.74) is 0.960. The zero-order valence-corrected chi connectivity index (χ0v) is 12.2. The Morgan fingerprint density at radius 3 is 2.83 bits per heavy atom. The molecule has 2 rings (SSSR count). The highest BCUT2D eigenvalue weighted by Crippen LogP contribution is 2.24. The first kappa shape index (κ1) is 14.2. The van der Waals surface area contributed by atoms with E-state index in [0.29, 0.717) is 0 Å². The van der Waals surface area contributed by atoms with Crippen LogP contribution in [0.3, 0.4) is 0 Å². The first-order chi connectivity index (χ1) is 8.66. The zero-order valence-electron chi connectivity index (χ0n) is 10.6. The lowest BCUT2D eigenvalue weighted by Gasteiger charge is -2.24. The maximum absolute atomic E-state index is 13.4. The van der Waals surface area contributed by atoms with E-state index in [0.717, 1.165) is 18.0 Å². The Hall–Kier alpha value is -0.250. The Morgan fingerprint density at radius 1 is 1.44 bits per heavy atom. The van der Waals surface area contributed by atoms with Gasteiger partial charge in [-0.25, -0.2) is 4.39 Å². The van der Waals surface area contributed by atoms with Crippen LogP contribution in [0.4, 0.5) is 4.39 Å². The summed E-state index contributed by atoms with van der Waals surface area (Å²) in [4.78, 5) is 0. The molecule has 1 saturated heterocycles. The van der Waals surface area contributed by atoms with E-state index in [9.17, 15) is 4.39 Å². The molecule has 1 fully saturated rings. The second-order valence-corrected chi connectivity index (χ2v) is 6.49. The molecule has 0 aliphatic carbocycles. The fourth-order valence-electron chi connectivity index (χ4n) is 2.19. The molecule has 4 heteroatoms. The molecule has 1 heterocycles. The highest BCUT2D eigenvalue weighted by molar-refractivity contribution is 7.99. The summed E-state index contributed by atoms with van der Waals surface area (Å²) in [6.45, 7) is 3.09. The summed E-state index contributed by atoms with van der Waals surface area (Å²) >= 11 is 7.73. The van der Waals surface area contributed by atoms with Gasteiger partial charge in [0.2, 0.25) is 0 Å². The van der Waals surface area contributed by atoms with Gasteiger partial charge in [-0.3, -0.25) is 0 Å². The van der Waals surface area contributed by atoms with Gasteiger partial charge in [0.05, 0.1) is 5.02 Å². The molecular weight excluding hydrogens is 269 g/mol. The lowest BCUT2D eigenvalue weighted by Crippen LogP contribution is -2.28. The third-order valence-corrected chi connectivity index (χ3v) is 4.85. The van der Waals surface area contributed by atoms with Gasteiger partial charge in [-0.2, -0.15) is 11.8 Å². The van der Waals surface area contributed by atoms with E-state index >= 15 is 0 Å². The number of rotatable bonds is 4. The number of benzene rings is 1. The predicted molar refractivity (Wildman–Crippen MR) is 77.9 cm³/mol. The van der Waals surface area contributed by atoms with Crippen molar-refractivity contribution < 1.29 is 4.39 Å². The van der Waals surface area contributed by atoms with E-state index in [1.54, 1.807) is 6.07 Å². The third-order valence-electron chi connectivity index (χ3n) is 3.50. The molecular formula is C14H19ClFNS. The van der Waals surface area contributed by atoms with Gasteiger partial charge >= 0.3 is 0 Å².